The first kappa shape index (κ1) is 12.9. The summed E-state index contributed by atoms with van der Waals surface area (Å²) in [5.74, 6) is 0. The maximum Gasteiger partial charge on any atom is 0.0615 e. The van der Waals surface area contributed by atoms with Crippen LogP contribution in [-0.2, 0) is 4.74 Å². The second-order valence-electron chi connectivity index (χ2n) is 4.72. The second kappa shape index (κ2) is 6.46. The molecule has 0 aromatic heterocycles. The zero-order valence-corrected chi connectivity index (χ0v) is 10.6. The third kappa shape index (κ3) is 3.44. The maximum absolute atomic E-state index is 5.22. The molecule has 1 fully saturated rings. The van der Waals surface area contributed by atoms with Crippen LogP contribution in [-0.4, -0.2) is 50.8 Å². The molecule has 0 aromatic carbocycles. The van der Waals surface area contributed by atoms with Crippen LogP contribution in [0.5, 0.6) is 0 Å². The van der Waals surface area contributed by atoms with E-state index in [0.717, 1.165) is 6.61 Å². The molecule has 0 heterocycles. The Hall–Kier alpha value is -0.120. The molecule has 3 heteroatoms. The Balaban J connectivity index is 2.50. The lowest BCUT2D eigenvalue weighted by atomic mass is 9.89. The predicted octanol–water partition coefficient (Wildman–Crippen LogP) is 1.48. The van der Waals surface area contributed by atoms with Crippen LogP contribution < -0.4 is 5.32 Å². The van der Waals surface area contributed by atoms with Gasteiger partial charge in [-0.1, -0.05) is 12.8 Å². The molecule has 1 rings (SSSR count). The van der Waals surface area contributed by atoms with Gasteiger partial charge in [0.15, 0.2) is 0 Å². The maximum atomic E-state index is 5.22. The summed E-state index contributed by atoms with van der Waals surface area (Å²) in [7, 11) is 6.09. The Morgan fingerprint density at radius 1 is 1.40 bits per heavy atom. The lowest BCUT2D eigenvalue weighted by molar-refractivity contribution is 0.0622. The van der Waals surface area contributed by atoms with Gasteiger partial charge in [0.05, 0.1) is 6.61 Å². The van der Waals surface area contributed by atoms with Gasteiger partial charge in [-0.15, -0.1) is 0 Å². The number of likely N-dealkylation sites (N-methyl/N-ethyl adjacent to an activating group) is 2. The molecule has 1 N–H and O–H groups in total. The molecule has 3 unspecified atom stereocenters. The molecule has 15 heavy (non-hydrogen) atoms. The first-order chi connectivity index (χ1) is 7.20. The van der Waals surface area contributed by atoms with Crippen LogP contribution in [0.25, 0.3) is 0 Å². The third-order valence-corrected chi connectivity index (χ3v) is 3.73. The molecule has 0 bridgehead atoms. The lowest BCUT2D eigenvalue weighted by Gasteiger charge is -2.40. The Morgan fingerprint density at radius 3 is 2.67 bits per heavy atom. The fraction of sp³-hybridized carbons (Fsp3) is 1.00. The van der Waals surface area contributed by atoms with E-state index in [1.807, 2.05) is 0 Å². The Labute approximate surface area is 94.2 Å². The summed E-state index contributed by atoms with van der Waals surface area (Å²) in [5, 5.41) is 3.45. The van der Waals surface area contributed by atoms with E-state index in [1.165, 1.54) is 25.7 Å². The molecule has 0 spiro atoms. The van der Waals surface area contributed by atoms with E-state index in [1.54, 1.807) is 7.11 Å². The zero-order valence-electron chi connectivity index (χ0n) is 10.6. The molecule has 1 saturated carbocycles. The van der Waals surface area contributed by atoms with Crippen molar-refractivity contribution in [2.45, 2.75) is 50.7 Å². The summed E-state index contributed by atoms with van der Waals surface area (Å²) in [5.41, 5.74) is 0. The smallest absolute Gasteiger partial charge is 0.0615 e. The van der Waals surface area contributed by atoms with Crippen molar-refractivity contribution in [3.05, 3.63) is 0 Å². The van der Waals surface area contributed by atoms with Gasteiger partial charge in [0.1, 0.15) is 0 Å². The summed E-state index contributed by atoms with van der Waals surface area (Å²) in [6.45, 7) is 3.06. The van der Waals surface area contributed by atoms with Crippen LogP contribution in [0, 0.1) is 0 Å². The Bertz CT molecular complexity index is 175. The average molecular weight is 214 g/mol. The standard InChI is InChI=1S/C12H26N2O/c1-10(9-15-4)14(3)12-8-6-5-7-11(12)13-2/h10-13H,5-9H2,1-4H3. The van der Waals surface area contributed by atoms with Gasteiger partial charge in [-0.2, -0.15) is 0 Å². The summed E-state index contributed by atoms with van der Waals surface area (Å²) >= 11 is 0. The normalized spacial score (nSPS) is 29.4. The van der Waals surface area contributed by atoms with Gasteiger partial charge >= 0.3 is 0 Å². The van der Waals surface area contributed by atoms with Crippen LogP contribution in [0.1, 0.15) is 32.6 Å². The van der Waals surface area contributed by atoms with Gasteiger partial charge in [-0.25, -0.2) is 0 Å². The van der Waals surface area contributed by atoms with Gasteiger partial charge < -0.3 is 10.1 Å². The number of methoxy groups -OCH3 is 1. The van der Waals surface area contributed by atoms with Gasteiger partial charge in [0.2, 0.25) is 0 Å². The highest BCUT2D eigenvalue weighted by molar-refractivity contribution is 4.87. The van der Waals surface area contributed by atoms with Crippen LogP contribution >= 0.6 is 0 Å². The summed E-state index contributed by atoms with van der Waals surface area (Å²) in [6, 6.07) is 1.84. The molecule has 0 radical (unpaired) electrons. The number of hydrogen-bond donors (Lipinski definition) is 1. The summed E-state index contributed by atoms with van der Waals surface area (Å²) in [4.78, 5) is 2.48. The van der Waals surface area contributed by atoms with E-state index in [9.17, 15) is 0 Å². The summed E-state index contributed by atoms with van der Waals surface area (Å²) < 4.78 is 5.22. The largest absolute Gasteiger partial charge is 0.383 e. The van der Waals surface area contributed by atoms with Crippen molar-refractivity contribution >= 4 is 0 Å². The average Bonchev–Trinajstić information content (AvgIpc) is 2.28. The van der Waals surface area contributed by atoms with Crippen molar-refractivity contribution in [3.63, 3.8) is 0 Å². The van der Waals surface area contributed by atoms with Crippen LogP contribution in [0.3, 0.4) is 0 Å². The second-order valence-corrected chi connectivity index (χ2v) is 4.72. The number of nitrogens with one attached hydrogen (secondary N) is 1. The first-order valence-corrected chi connectivity index (χ1v) is 6.08. The van der Waals surface area contributed by atoms with E-state index >= 15 is 0 Å². The van der Waals surface area contributed by atoms with Gasteiger partial charge in [-0.3, -0.25) is 4.90 Å². The van der Waals surface area contributed by atoms with Crippen molar-refractivity contribution in [1.29, 1.82) is 0 Å². The molecule has 1 aliphatic carbocycles. The molecule has 3 nitrogen and oxygen atoms in total. The van der Waals surface area contributed by atoms with E-state index in [2.05, 4.69) is 31.2 Å². The molecule has 0 aromatic rings. The first-order valence-electron chi connectivity index (χ1n) is 6.08. The van der Waals surface area contributed by atoms with Crippen LogP contribution in [0.15, 0.2) is 0 Å². The highest BCUT2D eigenvalue weighted by Crippen LogP contribution is 2.23. The molecule has 0 amide bonds. The predicted molar refractivity (Wildman–Crippen MR) is 64.2 cm³/mol. The molecular formula is C12H26N2O. The molecule has 3 atom stereocenters. The lowest BCUT2D eigenvalue weighted by Crippen LogP contribution is -2.52. The Kier molecular flexibility index (Phi) is 5.58. The fourth-order valence-electron chi connectivity index (χ4n) is 2.62. The minimum Gasteiger partial charge on any atom is -0.383 e. The Morgan fingerprint density at radius 2 is 2.07 bits per heavy atom. The monoisotopic (exact) mass is 214 g/mol. The molecular weight excluding hydrogens is 188 g/mol. The van der Waals surface area contributed by atoms with Crippen molar-refractivity contribution in [3.8, 4) is 0 Å². The zero-order chi connectivity index (χ0) is 11.3. The molecule has 0 aliphatic heterocycles. The quantitative estimate of drug-likeness (QED) is 0.750. The van der Waals surface area contributed by atoms with Crippen molar-refractivity contribution in [2.24, 2.45) is 0 Å². The summed E-state index contributed by atoms with van der Waals surface area (Å²) in [6.07, 6.45) is 5.36. The number of hydrogen-bond acceptors (Lipinski definition) is 3. The van der Waals surface area contributed by atoms with Gasteiger partial charge in [-0.05, 0) is 33.9 Å². The van der Waals surface area contributed by atoms with E-state index in [-0.39, 0.29) is 0 Å². The van der Waals surface area contributed by atoms with Gasteiger partial charge in [0, 0.05) is 25.2 Å². The number of rotatable bonds is 5. The van der Waals surface area contributed by atoms with E-state index < -0.39 is 0 Å². The minimum atomic E-state index is 0.508. The van der Waals surface area contributed by atoms with E-state index in [0.29, 0.717) is 18.1 Å². The topological polar surface area (TPSA) is 24.5 Å². The third-order valence-electron chi connectivity index (χ3n) is 3.73. The SMILES string of the molecule is CNC1CCCCC1N(C)C(C)COC. The van der Waals surface area contributed by atoms with Gasteiger partial charge in [0.25, 0.3) is 0 Å². The van der Waals surface area contributed by atoms with Crippen molar-refractivity contribution in [1.82, 2.24) is 10.2 Å². The molecule has 90 valence electrons. The number of ether oxygens (including phenoxy) is 1. The minimum absolute atomic E-state index is 0.508. The highest BCUT2D eigenvalue weighted by Gasteiger charge is 2.29. The van der Waals surface area contributed by atoms with E-state index in [4.69, 9.17) is 4.74 Å². The van der Waals surface area contributed by atoms with Crippen molar-refractivity contribution in [2.75, 3.05) is 27.8 Å². The van der Waals surface area contributed by atoms with Crippen LogP contribution in [0.4, 0.5) is 0 Å². The van der Waals surface area contributed by atoms with Crippen LogP contribution in [0.2, 0.25) is 0 Å². The highest BCUT2D eigenvalue weighted by atomic mass is 16.5. The molecule has 1 aliphatic rings. The van der Waals surface area contributed by atoms with Crippen molar-refractivity contribution < 1.29 is 4.74 Å². The molecule has 0 saturated heterocycles. The fourth-order valence-corrected chi connectivity index (χ4v) is 2.62. The number of nitrogens with zero attached hydrogens (tertiary/aromatic N) is 1.